The number of amides is 1. The highest BCUT2D eigenvalue weighted by atomic mass is 16.5. The molecule has 0 radical (unpaired) electrons. The molecule has 2 atom stereocenters. The standard InChI is InChI=1S/C78H149NO5/c1-3-5-7-9-11-13-15-17-18-19-37-40-43-47-50-54-58-62-66-70-76(81)75(74-80)79-77(82)71-67-63-59-55-51-48-44-41-38-35-33-31-29-27-25-23-21-20-22-24-26-28-30-32-34-36-39-42-45-49-53-57-61-65-69-73-84-78(83)72-68-64-60-56-52-46-16-14-12-10-8-6-4-2/h8,10,14,16,22,24,75-76,80-81H,3-7,9,11-13,15,17-21,23,25-74H2,1-2H3,(H,79,82)/b10-8-,16-14-,24-22-. The lowest BCUT2D eigenvalue weighted by Crippen LogP contribution is -2.45. The summed E-state index contributed by atoms with van der Waals surface area (Å²) in [7, 11) is 0. The number of ether oxygens (including phenoxy) is 1. The fourth-order valence-electron chi connectivity index (χ4n) is 12.1. The van der Waals surface area contributed by atoms with Gasteiger partial charge in [0.1, 0.15) is 0 Å². The molecule has 1 amide bonds. The summed E-state index contributed by atoms with van der Waals surface area (Å²) < 4.78 is 5.48. The van der Waals surface area contributed by atoms with Crippen molar-refractivity contribution in [3.05, 3.63) is 36.5 Å². The van der Waals surface area contributed by atoms with E-state index in [9.17, 15) is 19.8 Å². The van der Waals surface area contributed by atoms with Crippen LogP contribution in [0.2, 0.25) is 0 Å². The Balaban J connectivity index is 3.34. The molecule has 0 spiro atoms. The fourth-order valence-corrected chi connectivity index (χ4v) is 12.1. The van der Waals surface area contributed by atoms with Crippen LogP contribution in [-0.2, 0) is 14.3 Å². The highest BCUT2D eigenvalue weighted by Gasteiger charge is 2.20. The topological polar surface area (TPSA) is 95.9 Å². The normalized spacial score (nSPS) is 12.7. The van der Waals surface area contributed by atoms with E-state index in [1.165, 1.54) is 340 Å². The van der Waals surface area contributed by atoms with Crippen molar-refractivity contribution in [1.29, 1.82) is 0 Å². The Morgan fingerprint density at radius 3 is 0.964 bits per heavy atom. The molecule has 0 aliphatic rings. The number of hydrogen-bond acceptors (Lipinski definition) is 5. The second kappa shape index (κ2) is 73.5. The van der Waals surface area contributed by atoms with Gasteiger partial charge in [-0.2, -0.15) is 0 Å². The van der Waals surface area contributed by atoms with E-state index in [-0.39, 0.29) is 18.5 Å². The Morgan fingerprint density at radius 1 is 0.333 bits per heavy atom. The third-order valence-corrected chi connectivity index (χ3v) is 17.9. The van der Waals surface area contributed by atoms with Gasteiger partial charge in [-0.1, -0.05) is 371 Å². The Labute approximate surface area is 525 Å². The number of esters is 1. The van der Waals surface area contributed by atoms with Gasteiger partial charge in [-0.15, -0.1) is 0 Å². The molecular formula is C78H149NO5. The van der Waals surface area contributed by atoms with E-state index in [4.69, 9.17) is 4.74 Å². The van der Waals surface area contributed by atoms with Crippen molar-refractivity contribution in [2.24, 2.45) is 0 Å². The molecule has 0 fully saturated rings. The maximum Gasteiger partial charge on any atom is 0.305 e. The van der Waals surface area contributed by atoms with Crippen LogP contribution < -0.4 is 5.32 Å². The molecule has 0 rings (SSSR count). The summed E-state index contributed by atoms with van der Waals surface area (Å²) in [6.07, 6.45) is 95.1. The van der Waals surface area contributed by atoms with Crippen LogP contribution in [-0.4, -0.2) is 47.4 Å². The van der Waals surface area contributed by atoms with E-state index in [1.54, 1.807) is 0 Å². The van der Waals surface area contributed by atoms with E-state index in [0.29, 0.717) is 25.9 Å². The molecule has 0 aromatic rings. The molecule has 84 heavy (non-hydrogen) atoms. The number of unbranched alkanes of at least 4 members (excludes halogenated alkanes) is 55. The van der Waals surface area contributed by atoms with Gasteiger partial charge in [0.05, 0.1) is 25.4 Å². The molecule has 0 aromatic heterocycles. The zero-order valence-electron chi connectivity index (χ0n) is 56.9. The van der Waals surface area contributed by atoms with Crippen LogP contribution in [0.25, 0.3) is 0 Å². The Hall–Kier alpha value is -1.92. The first kappa shape index (κ1) is 82.1. The molecule has 6 nitrogen and oxygen atoms in total. The second-order valence-electron chi connectivity index (χ2n) is 26.3. The molecule has 2 unspecified atom stereocenters. The van der Waals surface area contributed by atoms with E-state index >= 15 is 0 Å². The predicted molar refractivity (Wildman–Crippen MR) is 370 cm³/mol. The molecule has 3 N–H and O–H groups in total. The minimum atomic E-state index is -0.662. The van der Waals surface area contributed by atoms with Crippen molar-refractivity contribution in [1.82, 2.24) is 5.32 Å². The number of nitrogens with one attached hydrogen (secondary N) is 1. The number of hydrogen-bond donors (Lipinski definition) is 3. The predicted octanol–water partition coefficient (Wildman–Crippen LogP) is 25.0. The highest BCUT2D eigenvalue weighted by molar-refractivity contribution is 5.76. The van der Waals surface area contributed by atoms with E-state index in [1.807, 2.05) is 0 Å². The van der Waals surface area contributed by atoms with Gasteiger partial charge in [0.25, 0.3) is 0 Å². The first-order valence-corrected chi connectivity index (χ1v) is 38.2. The lowest BCUT2D eigenvalue weighted by atomic mass is 10.0. The SMILES string of the molecule is CCC/C=C\C/C=C\CCCCCCCC(=O)OCCCCCCCCCCCCCCCC/C=C\CCCCCCCCCCCCCCCCCCCC(=O)NC(CO)C(O)CCCCCCCCCCCCCCCCCCCCC. The number of allylic oxidation sites excluding steroid dienone is 6. The second-order valence-corrected chi connectivity index (χ2v) is 26.3. The van der Waals surface area contributed by atoms with Gasteiger partial charge in [0, 0.05) is 12.8 Å². The summed E-state index contributed by atoms with van der Waals surface area (Å²) in [5, 5.41) is 23.4. The summed E-state index contributed by atoms with van der Waals surface area (Å²) in [4.78, 5) is 24.6. The maximum absolute atomic E-state index is 12.5. The van der Waals surface area contributed by atoms with Crippen molar-refractivity contribution in [2.45, 2.75) is 437 Å². The average molecular weight is 1180 g/mol. The third-order valence-electron chi connectivity index (χ3n) is 17.9. The molecule has 0 saturated carbocycles. The maximum atomic E-state index is 12.5. The molecule has 0 aliphatic carbocycles. The lowest BCUT2D eigenvalue weighted by molar-refractivity contribution is -0.143. The minimum Gasteiger partial charge on any atom is -0.466 e. The van der Waals surface area contributed by atoms with Crippen LogP contribution in [0.3, 0.4) is 0 Å². The molecule has 0 aromatic carbocycles. The average Bonchev–Trinajstić information content (AvgIpc) is 3.51. The van der Waals surface area contributed by atoms with Crippen LogP contribution >= 0.6 is 0 Å². The Morgan fingerprint density at radius 2 is 0.619 bits per heavy atom. The summed E-state index contributed by atoms with van der Waals surface area (Å²) in [5.41, 5.74) is 0. The van der Waals surface area contributed by atoms with Gasteiger partial charge >= 0.3 is 5.97 Å². The zero-order chi connectivity index (χ0) is 60.6. The van der Waals surface area contributed by atoms with E-state index < -0.39 is 12.1 Å². The van der Waals surface area contributed by atoms with Crippen molar-refractivity contribution in [2.75, 3.05) is 13.2 Å². The third kappa shape index (κ3) is 69.2. The van der Waals surface area contributed by atoms with Crippen molar-refractivity contribution >= 4 is 11.9 Å². The van der Waals surface area contributed by atoms with Crippen LogP contribution in [0.5, 0.6) is 0 Å². The lowest BCUT2D eigenvalue weighted by Gasteiger charge is -2.22. The summed E-state index contributed by atoms with van der Waals surface area (Å²) in [6.45, 7) is 4.92. The number of rotatable bonds is 72. The smallest absolute Gasteiger partial charge is 0.305 e. The monoisotopic (exact) mass is 1180 g/mol. The Kier molecular flexibility index (Phi) is 71.9. The van der Waals surface area contributed by atoms with Crippen molar-refractivity contribution < 1.29 is 24.5 Å². The molecule has 0 heterocycles. The molecule has 496 valence electrons. The van der Waals surface area contributed by atoms with Crippen LogP contribution in [0.1, 0.15) is 425 Å². The van der Waals surface area contributed by atoms with E-state index in [2.05, 4.69) is 55.6 Å². The van der Waals surface area contributed by atoms with Gasteiger partial charge in [0.15, 0.2) is 0 Å². The molecule has 0 saturated heterocycles. The first-order valence-electron chi connectivity index (χ1n) is 38.2. The summed E-state index contributed by atoms with van der Waals surface area (Å²) in [6, 6.07) is -0.539. The number of carbonyl (C=O) groups excluding carboxylic acids is 2. The minimum absolute atomic E-state index is 0.00524. The van der Waals surface area contributed by atoms with Gasteiger partial charge < -0.3 is 20.3 Å². The van der Waals surface area contributed by atoms with Crippen LogP contribution in [0.15, 0.2) is 36.5 Å². The molecular weight excluding hydrogens is 1030 g/mol. The van der Waals surface area contributed by atoms with Gasteiger partial charge in [-0.25, -0.2) is 0 Å². The van der Waals surface area contributed by atoms with E-state index in [0.717, 1.165) is 51.4 Å². The summed E-state index contributed by atoms with van der Waals surface area (Å²) in [5.74, 6) is -0.0218. The Bertz CT molecular complexity index is 1360. The van der Waals surface area contributed by atoms with Crippen LogP contribution in [0, 0.1) is 0 Å². The summed E-state index contributed by atoms with van der Waals surface area (Å²) >= 11 is 0. The number of aliphatic hydroxyl groups excluding tert-OH is 2. The zero-order valence-corrected chi connectivity index (χ0v) is 56.9. The molecule has 6 heteroatoms. The van der Waals surface area contributed by atoms with Gasteiger partial charge in [-0.3, -0.25) is 9.59 Å². The highest BCUT2D eigenvalue weighted by Crippen LogP contribution is 2.19. The first-order chi connectivity index (χ1) is 41.5. The van der Waals surface area contributed by atoms with Gasteiger partial charge in [-0.05, 0) is 77.0 Å². The van der Waals surface area contributed by atoms with Crippen molar-refractivity contribution in [3.63, 3.8) is 0 Å². The van der Waals surface area contributed by atoms with Crippen molar-refractivity contribution in [3.8, 4) is 0 Å². The largest absolute Gasteiger partial charge is 0.466 e. The number of carbonyl (C=O) groups is 2. The van der Waals surface area contributed by atoms with Gasteiger partial charge in [0.2, 0.25) is 5.91 Å². The molecule has 0 aliphatic heterocycles. The molecule has 0 bridgehead atoms. The fraction of sp³-hybridized carbons (Fsp3) is 0.897. The number of aliphatic hydroxyl groups is 2. The van der Waals surface area contributed by atoms with Crippen LogP contribution in [0.4, 0.5) is 0 Å². The quantitative estimate of drug-likeness (QED) is 0.0320.